The van der Waals surface area contributed by atoms with Gasteiger partial charge in [0, 0.05) is 0 Å². The summed E-state index contributed by atoms with van der Waals surface area (Å²) in [6.07, 6.45) is 4.94. The Labute approximate surface area is 186 Å². The molecular weight excluding hydrogens is 570 g/mol. The van der Waals surface area contributed by atoms with Crippen LogP contribution in [-0.4, -0.2) is 0 Å². The van der Waals surface area contributed by atoms with Gasteiger partial charge in [-0.05, 0) is 0 Å². The van der Waals surface area contributed by atoms with Crippen molar-refractivity contribution in [2.24, 2.45) is 0 Å². The quantitative estimate of drug-likeness (QED) is 0.410. The topological polar surface area (TPSA) is 0 Å². The molecule has 24 heavy (non-hydrogen) atoms. The molecule has 6 heteroatoms. The minimum Gasteiger partial charge on any atom is -1.00 e. The molecular formula is C18H10Br2Cl2SZr. The van der Waals surface area contributed by atoms with E-state index in [-0.39, 0.29) is 24.8 Å². The third kappa shape index (κ3) is 2.90. The van der Waals surface area contributed by atoms with Gasteiger partial charge < -0.3 is 24.8 Å². The van der Waals surface area contributed by atoms with Gasteiger partial charge in [-0.25, -0.2) is 0 Å². The van der Waals surface area contributed by atoms with Gasteiger partial charge in [-0.3, -0.25) is 0 Å². The largest absolute Gasteiger partial charge is 1.00 e. The van der Waals surface area contributed by atoms with E-state index in [0.717, 1.165) is 0 Å². The van der Waals surface area contributed by atoms with Crippen molar-refractivity contribution in [3.63, 3.8) is 0 Å². The number of allylic oxidation sites excluding steroid dienone is 2. The minimum absolute atomic E-state index is 0. The average Bonchev–Trinajstić information content (AvgIpc) is 3.01. The van der Waals surface area contributed by atoms with Crippen LogP contribution in [0.4, 0.5) is 0 Å². The van der Waals surface area contributed by atoms with Crippen molar-refractivity contribution < 1.29 is 48.0 Å². The number of rotatable bonds is 0. The Kier molecular flexibility index (Phi) is 5.97. The van der Waals surface area contributed by atoms with E-state index in [9.17, 15) is 0 Å². The van der Waals surface area contributed by atoms with E-state index in [0.29, 0.717) is 9.65 Å². The maximum absolute atomic E-state index is 3.95. The summed E-state index contributed by atoms with van der Waals surface area (Å²) in [4.78, 5) is 3.62. The van der Waals surface area contributed by atoms with Crippen molar-refractivity contribution in [3.05, 3.63) is 65.2 Å². The molecule has 0 fully saturated rings. The number of benzene rings is 2. The maximum Gasteiger partial charge on any atom is -1.00 e. The van der Waals surface area contributed by atoms with E-state index < -0.39 is 23.2 Å². The molecule has 120 valence electrons. The van der Waals surface area contributed by atoms with Crippen molar-refractivity contribution in [3.8, 4) is 0 Å². The molecule has 0 N–H and O–H groups in total. The summed E-state index contributed by atoms with van der Waals surface area (Å²) in [5.41, 5.74) is 5.78. The van der Waals surface area contributed by atoms with Gasteiger partial charge in [0.1, 0.15) is 0 Å². The first-order valence-electron chi connectivity index (χ1n) is 7.14. The van der Waals surface area contributed by atoms with E-state index in [1.54, 1.807) is 6.56 Å². The molecule has 4 bridgehead atoms. The Morgan fingerprint density at radius 1 is 0.750 bits per heavy atom. The number of alkyl halides is 2. The summed E-state index contributed by atoms with van der Waals surface area (Å²) in [5.74, 6) is 0. The van der Waals surface area contributed by atoms with Gasteiger partial charge in [0.25, 0.3) is 0 Å². The van der Waals surface area contributed by atoms with E-state index >= 15 is 0 Å². The zero-order chi connectivity index (χ0) is 14.8. The summed E-state index contributed by atoms with van der Waals surface area (Å²) >= 11 is 9.06. The van der Waals surface area contributed by atoms with Crippen LogP contribution in [0.15, 0.2) is 52.8 Å². The minimum atomic E-state index is -0.754. The number of hydrogen-bond donors (Lipinski definition) is 0. The first-order valence-corrected chi connectivity index (χ1v) is 12.2. The third-order valence-electron chi connectivity index (χ3n) is 4.40. The van der Waals surface area contributed by atoms with Gasteiger partial charge in [0.2, 0.25) is 0 Å². The molecule has 0 aromatic heterocycles. The van der Waals surface area contributed by atoms with Gasteiger partial charge in [-0.15, -0.1) is 0 Å². The fraction of sp³-hybridized carbons (Fsp3) is 0.111. The Morgan fingerprint density at radius 2 is 1.21 bits per heavy atom. The fourth-order valence-electron chi connectivity index (χ4n) is 3.33. The second-order valence-electron chi connectivity index (χ2n) is 5.67. The molecule has 2 aliphatic carbocycles. The van der Waals surface area contributed by atoms with Crippen LogP contribution in [0.3, 0.4) is 0 Å². The predicted octanol–water partition coefficient (Wildman–Crippen LogP) is 0.523. The zero-order valence-corrected chi connectivity index (χ0v) is 20.2. The molecule has 2 atom stereocenters. The maximum atomic E-state index is 3.95. The monoisotopic (exact) mass is 576 g/mol. The second kappa shape index (κ2) is 7.37. The van der Waals surface area contributed by atoms with Crippen molar-refractivity contribution in [2.75, 3.05) is 0 Å². The summed E-state index contributed by atoms with van der Waals surface area (Å²) < 4.78 is 3.28. The first-order chi connectivity index (χ1) is 10.7. The average molecular weight is 580 g/mol. The van der Waals surface area contributed by atoms with Crippen LogP contribution in [0.25, 0.3) is 12.2 Å². The van der Waals surface area contributed by atoms with Gasteiger partial charge in [-0.1, -0.05) is 0 Å². The van der Waals surface area contributed by atoms with Crippen molar-refractivity contribution >= 4 is 55.8 Å². The van der Waals surface area contributed by atoms with Crippen LogP contribution in [0.5, 0.6) is 0 Å². The molecule has 0 nitrogen and oxygen atoms in total. The van der Waals surface area contributed by atoms with E-state index in [4.69, 9.17) is 0 Å². The van der Waals surface area contributed by atoms with Crippen LogP contribution < -0.4 is 24.8 Å². The van der Waals surface area contributed by atoms with Crippen LogP contribution in [0.2, 0.25) is 0 Å². The molecule has 2 unspecified atom stereocenters. The van der Waals surface area contributed by atoms with Gasteiger partial charge in [0.05, 0.1) is 0 Å². The molecule has 3 aliphatic rings. The van der Waals surface area contributed by atoms with Gasteiger partial charge >= 0.3 is 164 Å². The Hall–Kier alpha value is 0.693. The van der Waals surface area contributed by atoms with E-state index in [1.165, 1.54) is 32.0 Å². The zero-order valence-electron chi connectivity index (χ0n) is 12.2. The molecule has 2 aromatic carbocycles. The third-order valence-corrected chi connectivity index (χ3v) is 13.2. The smallest absolute Gasteiger partial charge is 1.00 e. The SMILES string of the molecule is BrC1[C]2=Cc3c(cccc31)Sc1cccc3c1C=[C]([Zr+2]2)C3Br.[Cl-].[Cl-]. The fourth-order valence-corrected chi connectivity index (χ4v) is 10.1. The normalized spacial score (nSPS) is 21.4. The van der Waals surface area contributed by atoms with Gasteiger partial charge in [-0.2, -0.15) is 0 Å². The van der Waals surface area contributed by atoms with E-state index in [1.807, 2.05) is 11.8 Å². The molecule has 0 spiro atoms. The molecule has 0 radical (unpaired) electrons. The van der Waals surface area contributed by atoms with Crippen molar-refractivity contribution in [1.82, 2.24) is 0 Å². The van der Waals surface area contributed by atoms with Crippen LogP contribution in [0, 0.1) is 0 Å². The van der Waals surface area contributed by atoms with Crippen LogP contribution in [0.1, 0.15) is 31.9 Å². The predicted molar refractivity (Wildman–Crippen MR) is 96.3 cm³/mol. The van der Waals surface area contributed by atoms with E-state index in [2.05, 4.69) is 80.4 Å². The summed E-state index contributed by atoms with van der Waals surface area (Å²) in [5, 5.41) is 0. The molecule has 0 amide bonds. The summed E-state index contributed by atoms with van der Waals surface area (Å²) in [6.45, 7) is 0. The molecule has 5 rings (SSSR count). The van der Waals surface area contributed by atoms with Gasteiger partial charge in [0.15, 0.2) is 0 Å². The molecule has 0 saturated heterocycles. The number of hydrogen-bond acceptors (Lipinski definition) is 1. The summed E-state index contributed by atoms with van der Waals surface area (Å²) in [7, 11) is 0. The molecule has 0 saturated carbocycles. The van der Waals surface area contributed by atoms with Crippen molar-refractivity contribution in [2.45, 2.75) is 19.4 Å². The summed E-state index contributed by atoms with van der Waals surface area (Å²) in [6, 6.07) is 13.5. The molecule has 1 aliphatic heterocycles. The Morgan fingerprint density at radius 3 is 1.67 bits per heavy atom. The Bertz CT molecular complexity index is 823. The molecule has 1 heterocycles. The second-order valence-corrected chi connectivity index (χ2v) is 12.0. The van der Waals surface area contributed by atoms with Crippen LogP contribution >= 0.6 is 43.6 Å². The first kappa shape index (κ1) is 19.5. The Balaban J connectivity index is 0.000000845. The van der Waals surface area contributed by atoms with Crippen LogP contribution in [-0.2, 0) is 23.2 Å². The number of halogens is 4. The standard InChI is InChI=1S/C18H10Br2S.2ClH.Zr/c19-15-9-7-13-11(15)3-1-5-17(13)21-18-6-2-4-12-14(18)8-10-16(12)20;;;/h1-8,15-16H;2*1H;/q;;;+2/p-2. The van der Waals surface area contributed by atoms with Crippen molar-refractivity contribution in [1.29, 1.82) is 0 Å². The molecule has 2 aromatic rings.